The third kappa shape index (κ3) is 4.01. The lowest BCUT2D eigenvalue weighted by atomic mass is 10.0. The summed E-state index contributed by atoms with van der Waals surface area (Å²) in [4.78, 5) is 22.3. The second kappa shape index (κ2) is 7.00. The van der Waals surface area contributed by atoms with Gasteiger partial charge in [-0.2, -0.15) is 11.8 Å². The van der Waals surface area contributed by atoms with E-state index in [1.165, 1.54) is 6.07 Å². The monoisotopic (exact) mass is 329 g/mol. The summed E-state index contributed by atoms with van der Waals surface area (Å²) in [5.41, 5.74) is 5.23. The molecule has 0 aromatic heterocycles. The fourth-order valence-electron chi connectivity index (χ4n) is 2.18. The molecule has 0 bridgehead atoms. The maximum atomic E-state index is 12.1. The number of hydrogen-bond donors (Lipinski definition) is 2. The largest absolute Gasteiger partial charge is 0.392 e. The van der Waals surface area contributed by atoms with Gasteiger partial charge in [0.15, 0.2) is 0 Å². The number of halogens is 1. The van der Waals surface area contributed by atoms with Crippen LogP contribution in [0.1, 0.15) is 23.2 Å². The molecular weight excluding hydrogens is 314 g/mol. The average molecular weight is 330 g/mol. The topological polar surface area (TPSA) is 98.3 Å². The number of nitrogen functional groups attached to an aromatic ring is 1. The lowest BCUT2D eigenvalue weighted by molar-refractivity contribution is -0.383. The van der Waals surface area contributed by atoms with E-state index in [4.69, 9.17) is 17.3 Å². The Balaban J connectivity index is 2.06. The fourth-order valence-corrected chi connectivity index (χ4v) is 3.59. The highest BCUT2D eigenvalue weighted by atomic mass is 35.5. The molecule has 0 aliphatic carbocycles. The zero-order chi connectivity index (χ0) is 15.4. The van der Waals surface area contributed by atoms with Gasteiger partial charge in [-0.15, -0.1) is 0 Å². The van der Waals surface area contributed by atoms with Gasteiger partial charge in [-0.1, -0.05) is 11.6 Å². The first-order chi connectivity index (χ1) is 9.99. The normalized spacial score (nSPS) is 15.7. The summed E-state index contributed by atoms with van der Waals surface area (Å²) in [6, 6.07) is 2.52. The summed E-state index contributed by atoms with van der Waals surface area (Å²) in [5.74, 6) is 2.33. The Bertz CT molecular complexity index is 562. The Morgan fingerprint density at radius 1 is 1.48 bits per heavy atom. The summed E-state index contributed by atoms with van der Waals surface area (Å²) in [7, 11) is 0. The van der Waals surface area contributed by atoms with Crippen molar-refractivity contribution in [3.05, 3.63) is 32.8 Å². The van der Waals surface area contributed by atoms with Crippen LogP contribution in [0.25, 0.3) is 0 Å². The quantitative estimate of drug-likeness (QED) is 0.502. The first kappa shape index (κ1) is 15.9. The van der Waals surface area contributed by atoms with Gasteiger partial charge in [-0.25, -0.2) is 0 Å². The minimum atomic E-state index is -0.643. The lowest BCUT2D eigenvalue weighted by Crippen LogP contribution is -2.31. The van der Waals surface area contributed by atoms with Crippen LogP contribution in [-0.2, 0) is 0 Å². The van der Waals surface area contributed by atoms with E-state index in [-0.39, 0.29) is 27.9 Å². The zero-order valence-corrected chi connectivity index (χ0v) is 12.9. The van der Waals surface area contributed by atoms with E-state index in [1.54, 1.807) is 0 Å². The molecule has 1 aliphatic rings. The van der Waals surface area contributed by atoms with Crippen LogP contribution in [0.4, 0.5) is 11.4 Å². The van der Waals surface area contributed by atoms with Crippen molar-refractivity contribution in [2.24, 2.45) is 5.92 Å². The van der Waals surface area contributed by atoms with Gasteiger partial charge >= 0.3 is 0 Å². The first-order valence-corrected chi connectivity index (χ1v) is 8.11. The van der Waals surface area contributed by atoms with Crippen LogP contribution in [0.5, 0.6) is 0 Å². The van der Waals surface area contributed by atoms with Crippen LogP contribution >= 0.6 is 23.4 Å². The number of carbonyl (C=O) groups excluding carboxylic acids is 1. The van der Waals surface area contributed by atoms with E-state index in [0.29, 0.717) is 12.5 Å². The highest BCUT2D eigenvalue weighted by Gasteiger charge is 2.20. The lowest BCUT2D eigenvalue weighted by Gasteiger charge is -2.21. The minimum absolute atomic E-state index is 0.0171. The van der Waals surface area contributed by atoms with E-state index in [9.17, 15) is 14.9 Å². The van der Waals surface area contributed by atoms with Gasteiger partial charge in [-0.05, 0) is 36.3 Å². The molecule has 0 atom stereocenters. The van der Waals surface area contributed by atoms with Crippen molar-refractivity contribution in [1.82, 2.24) is 5.32 Å². The van der Waals surface area contributed by atoms with E-state index < -0.39 is 4.92 Å². The second-order valence-electron chi connectivity index (χ2n) is 4.91. The summed E-state index contributed by atoms with van der Waals surface area (Å²) in [6.07, 6.45) is 2.15. The molecule has 1 saturated heterocycles. The molecule has 1 aromatic rings. The van der Waals surface area contributed by atoms with E-state index in [2.05, 4.69) is 5.32 Å². The number of carbonyl (C=O) groups is 1. The summed E-state index contributed by atoms with van der Waals surface area (Å²) in [5, 5.41) is 13.7. The number of nitrogens with one attached hydrogen (secondary N) is 1. The van der Waals surface area contributed by atoms with E-state index >= 15 is 0 Å². The van der Waals surface area contributed by atoms with Crippen molar-refractivity contribution in [3.8, 4) is 0 Å². The molecule has 0 unspecified atom stereocenters. The van der Waals surface area contributed by atoms with E-state index in [0.717, 1.165) is 30.4 Å². The van der Waals surface area contributed by atoms with Gasteiger partial charge in [0.1, 0.15) is 5.69 Å². The number of anilines is 1. The number of hydrogen-bond acceptors (Lipinski definition) is 5. The van der Waals surface area contributed by atoms with Gasteiger partial charge < -0.3 is 11.1 Å². The fraction of sp³-hybridized carbons (Fsp3) is 0.462. The molecular formula is C13H16ClN3O3S. The molecule has 21 heavy (non-hydrogen) atoms. The molecule has 114 valence electrons. The van der Waals surface area contributed by atoms with Gasteiger partial charge in [0.05, 0.1) is 9.95 Å². The molecule has 0 spiro atoms. The third-order valence-corrected chi connectivity index (χ3v) is 4.82. The maximum Gasteiger partial charge on any atom is 0.294 e. The highest BCUT2D eigenvalue weighted by molar-refractivity contribution is 7.99. The van der Waals surface area contributed by atoms with Gasteiger partial charge in [0, 0.05) is 18.2 Å². The predicted molar refractivity (Wildman–Crippen MR) is 84.9 cm³/mol. The Labute approximate surface area is 131 Å². The first-order valence-electron chi connectivity index (χ1n) is 6.58. The number of nitrogens with zero attached hydrogens (tertiary/aromatic N) is 1. The molecule has 1 heterocycles. The zero-order valence-electron chi connectivity index (χ0n) is 11.3. The molecule has 1 amide bonds. The van der Waals surface area contributed by atoms with Crippen LogP contribution in [-0.4, -0.2) is 28.9 Å². The molecule has 1 fully saturated rings. The van der Waals surface area contributed by atoms with Crippen LogP contribution < -0.4 is 11.1 Å². The van der Waals surface area contributed by atoms with Crippen molar-refractivity contribution < 1.29 is 9.72 Å². The molecule has 3 N–H and O–H groups in total. The van der Waals surface area contributed by atoms with E-state index in [1.807, 2.05) is 11.8 Å². The maximum absolute atomic E-state index is 12.1. The van der Waals surface area contributed by atoms with Crippen LogP contribution in [0.3, 0.4) is 0 Å². The Hall–Kier alpha value is -1.47. The number of nitro groups is 1. The molecule has 0 radical (unpaired) electrons. The van der Waals surface area contributed by atoms with Crippen LogP contribution in [0.15, 0.2) is 12.1 Å². The number of nitrogens with two attached hydrogens (primary N) is 1. The SMILES string of the molecule is Nc1c(Cl)cc(C(=O)NCC2CCSCC2)cc1[N+](=O)[O-]. The van der Waals surface area contributed by atoms with Crippen molar-refractivity contribution in [2.75, 3.05) is 23.8 Å². The average Bonchev–Trinajstić information content (AvgIpc) is 2.48. The van der Waals surface area contributed by atoms with Crippen LogP contribution in [0.2, 0.25) is 5.02 Å². The number of benzene rings is 1. The second-order valence-corrected chi connectivity index (χ2v) is 6.55. The van der Waals surface area contributed by atoms with Gasteiger partial charge in [0.25, 0.3) is 11.6 Å². The van der Waals surface area contributed by atoms with Crippen molar-refractivity contribution in [3.63, 3.8) is 0 Å². The van der Waals surface area contributed by atoms with Crippen LogP contribution in [0, 0.1) is 16.0 Å². The Morgan fingerprint density at radius 2 is 2.14 bits per heavy atom. The number of thioether (sulfide) groups is 1. The summed E-state index contributed by atoms with van der Waals surface area (Å²) >= 11 is 7.76. The number of rotatable bonds is 4. The van der Waals surface area contributed by atoms with Crippen molar-refractivity contribution in [1.29, 1.82) is 0 Å². The molecule has 1 aliphatic heterocycles. The van der Waals surface area contributed by atoms with Crippen molar-refractivity contribution in [2.45, 2.75) is 12.8 Å². The molecule has 0 saturated carbocycles. The van der Waals surface area contributed by atoms with Crippen molar-refractivity contribution >= 4 is 40.6 Å². The molecule has 2 rings (SSSR count). The standard InChI is InChI=1S/C13H16ClN3O3S/c14-10-5-9(6-11(12(10)15)17(19)20)13(18)16-7-8-1-3-21-4-2-8/h5-6,8H,1-4,7,15H2,(H,16,18). The number of nitro benzene ring substituents is 1. The Kier molecular flexibility index (Phi) is 5.30. The van der Waals surface area contributed by atoms with Gasteiger partial charge in [0.2, 0.25) is 0 Å². The molecule has 1 aromatic carbocycles. The number of amides is 1. The minimum Gasteiger partial charge on any atom is -0.392 e. The molecule has 6 nitrogen and oxygen atoms in total. The summed E-state index contributed by atoms with van der Waals surface area (Å²) in [6.45, 7) is 0.579. The smallest absolute Gasteiger partial charge is 0.294 e. The predicted octanol–water partition coefficient (Wildman–Crippen LogP) is 2.70. The highest BCUT2D eigenvalue weighted by Crippen LogP contribution is 2.30. The third-order valence-electron chi connectivity index (χ3n) is 3.46. The summed E-state index contributed by atoms with van der Waals surface area (Å²) < 4.78 is 0. The molecule has 8 heteroatoms. The van der Waals surface area contributed by atoms with Gasteiger partial charge in [-0.3, -0.25) is 14.9 Å². The Morgan fingerprint density at radius 3 is 2.76 bits per heavy atom.